The molecule has 2 aromatic rings. The van der Waals surface area contributed by atoms with Crippen molar-refractivity contribution in [2.45, 2.75) is 26.4 Å². The molecule has 0 amide bonds. The molecule has 0 aliphatic rings. The molecule has 116 valence electrons. The van der Waals surface area contributed by atoms with E-state index in [-0.39, 0.29) is 6.42 Å². The van der Waals surface area contributed by atoms with E-state index in [1.54, 1.807) is 0 Å². The van der Waals surface area contributed by atoms with Gasteiger partial charge in [-0.15, -0.1) is 0 Å². The molecule has 1 N–H and O–H groups in total. The molecule has 0 saturated carbocycles. The van der Waals surface area contributed by atoms with Crippen LogP contribution in [0.1, 0.15) is 24.5 Å². The molecule has 0 aliphatic carbocycles. The summed E-state index contributed by atoms with van der Waals surface area (Å²) in [5.74, 6) is -0.696. The van der Waals surface area contributed by atoms with Crippen molar-refractivity contribution in [1.82, 2.24) is 0 Å². The fraction of sp³-hybridized carbons (Fsp3) is 0.316. The molecule has 3 heteroatoms. The Labute approximate surface area is 133 Å². The Morgan fingerprint density at radius 1 is 1.09 bits per heavy atom. The molecule has 0 saturated heterocycles. The highest BCUT2D eigenvalue weighted by molar-refractivity contribution is 7.82. The molecule has 2 aromatic carbocycles. The molecule has 0 fully saturated rings. The second-order valence-electron chi connectivity index (χ2n) is 5.81. The van der Waals surface area contributed by atoms with Gasteiger partial charge in [0, 0.05) is 0 Å². The van der Waals surface area contributed by atoms with Crippen LogP contribution in [0.25, 0.3) is 0 Å². The van der Waals surface area contributed by atoms with Gasteiger partial charge in [0.1, 0.15) is 0 Å². The van der Waals surface area contributed by atoms with Gasteiger partial charge in [-0.3, -0.25) is 4.79 Å². The van der Waals surface area contributed by atoms with E-state index in [1.165, 1.54) is 16.4 Å². The van der Waals surface area contributed by atoms with Crippen LogP contribution in [-0.4, -0.2) is 23.4 Å². The minimum absolute atomic E-state index is 0.252. The maximum Gasteiger partial charge on any atom is 0.307 e. The third kappa shape index (κ3) is 4.18. The second-order valence-corrected chi connectivity index (χ2v) is 10.0. The van der Waals surface area contributed by atoms with Gasteiger partial charge in [-0.05, 0) is 31.5 Å². The Balaban J connectivity index is 2.37. The zero-order valence-corrected chi connectivity index (χ0v) is 14.2. The fourth-order valence-corrected chi connectivity index (χ4v) is 6.79. The van der Waals surface area contributed by atoms with E-state index < -0.39 is 13.2 Å². The summed E-state index contributed by atoms with van der Waals surface area (Å²) in [6.07, 6.45) is 3.06. The molecule has 2 nitrogen and oxygen atoms in total. The van der Waals surface area contributed by atoms with Gasteiger partial charge in [-0.25, -0.2) is 0 Å². The van der Waals surface area contributed by atoms with Crippen LogP contribution >= 0.6 is 7.26 Å². The minimum atomic E-state index is -1.51. The van der Waals surface area contributed by atoms with Crippen LogP contribution in [0.4, 0.5) is 0 Å². The first-order valence-corrected chi connectivity index (χ1v) is 10.1. The third-order valence-electron chi connectivity index (χ3n) is 4.23. The number of aryl methyl sites for hydroxylation is 1. The zero-order valence-electron chi connectivity index (χ0n) is 13.3. The van der Waals surface area contributed by atoms with Gasteiger partial charge in [0.15, 0.2) is 0 Å². The standard InChI is InChI=1S/C19H23O2P/c1-3-22(13-12-19(20)21,18-10-5-4-6-11-18)15-17-9-7-8-16(2)14-17/h4-11,14H,3,12-13,15H2,1-2H3/p+1. The molecule has 0 aromatic heterocycles. The summed E-state index contributed by atoms with van der Waals surface area (Å²) in [6, 6.07) is 19.1. The van der Waals surface area contributed by atoms with Crippen molar-refractivity contribution in [2.75, 3.05) is 12.3 Å². The molecule has 0 aliphatic heterocycles. The van der Waals surface area contributed by atoms with E-state index in [4.69, 9.17) is 5.11 Å². The van der Waals surface area contributed by atoms with Gasteiger partial charge >= 0.3 is 5.97 Å². The predicted octanol–water partition coefficient (Wildman–Crippen LogP) is 4.33. The van der Waals surface area contributed by atoms with Crippen molar-refractivity contribution < 1.29 is 9.90 Å². The monoisotopic (exact) mass is 315 g/mol. The lowest BCUT2D eigenvalue weighted by atomic mass is 10.2. The van der Waals surface area contributed by atoms with Gasteiger partial charge in [-0.2, -0.15) is 0 Å². The summed E-state index contributed by atoms with van der Waals surface area (Å²) in [5, 5.41) is 10.5. The van der Waals surface area contributed by atoms with Crippen LogP contribution in [0.2, 0.25) is 0 Å². The van der Waals surface area contributed by atoms with Crippen LogP contribution in [0.3, 0.4) is 0 Å². The molecule has 0 heterocycles. The topological polar surface area (TPSA) is 37.3 Å². The third-order valence-corrected chi connectivity index (χ3v) is 8.89. The minimum Gasteiger partial charge on any atom is -0.481 e. The number of carboxylic acids is 1. The van der Waals surface area contributed by atoms with Crippen molar-refractivity contribution in [1.29, 1.82) is 0 Å². The summed E-state index contributed by atoms with van der Waals surface area (Å²) >= 11 is 0. The summed E-state index contributed by atoms with van der Waals surface area (Å²) in [4.78, 5) is 11.1. The van der Waals surface area contributed by atoms with E-state index in [2.05, 4.69) is 62.4 Å². The number of rotatable bonds is 7. The van der Waals surface area contributed by atoms with Crippen LogP contribution in [0.15, 0.2) is 54.6 Å². The second kappa shape index (κ2) is 7.56. The normalized spacial score (nSPS) is 13.5. The number of hydrogen-bond donors (Lipinski definition) is 1. The van der Waals surface area contributed by atoms with E-state index in [1.807, 2.05) is 6.07 Å². The van der Waals surface area contributed by atoms with E-state index in [0.29, 0.717) is 0 Å². The van der Waals surface area contributed by atoms with E-state index in [9.17, 15) is 4.79 Å². The number of carboxylic acid groups (broad SMARTS) is 1. The predicted molar refractivity (Wildman–Crippen MR) is 95.5 cm³/mol. The lowest BCUT2D eigenvalue weighted by Gasteiger charge is -2.26. The van der Waals surface area contributed by atoms with Gasteiger partial charge in [-0.1, -0.05) is 48.0 Å². The molecule has 0 spiro atoms. The average molecular weight is 315 g/mol. The number of benzene rings is 2. The Bertz CT molecular complexity index is 624. The van der Waals surface area contributed by atoms with Crippen LogP contribution in [0.5, 0.6) is 0 Å². The van der Waals surface area contributed by atoms with Crippen LogP contribution in [0, 0.1) is 6.92 Å². The lowest BCUT2D eigenvalue weighted by Crippen LogP contribution is -2.20. The van der Waals surface area contributed by atoms with Gasteiger partial charge in [0.2, 0.25) is 0 Å². The van der Waals surface area contributed by atoms with Crippen LogP contribution < -0.4 is 5.30 Å². The Morgan fingerprint density at radius 2 is 1.82 bits per heavy atom. The maximum atomic E-state index is 11.1. The molecule has 1 atom stereocenters. The maximum absolute atomic E-state index is 11.1. The van der Waals surface area contributed by atoms with Crippen molar-refractivity contribution >= 4 is 18.5 Å². The molecule has 2 rings (SSSR count). The summed E-state index contributed by atoms with van der Waals surface area (Å²) in [5.41, 5.74) is 2.59. The smallest absolute Gasteiger partial charge is 0.307 e. The molecular formula is C19H24O2P+. The van der Waals surface area contributed by atoms with Gasteiger partial charge in [0.05, 0.1) is 37.5 Å². The highest BCUT2D eigenvalue weighted by Gasteiger charge is 2.38. The van der Waals surface area contributed by atoms with Crippen molar-refractivity contribution in [2.24, 2.45) is 0 Å². The summed E-state index contributed by atoms with van der Waals surface area (Å²) < 4.78 is 0. The first-order chi connectivity index (χ1) is 10.6. The summed E-state index contributed by atoms with van der Waals surface area (Å²) in [6.45, 7) is 4.31. The average Bonchev–Trinajstić information content (AvgIpc) is 2.52. The highest BCUT2D eigenvalue weighted by Crippen LogP contribution is 2.60. The van der Waals surface area contributed by atoms with Crippen LogP contribution in [-0.2, 0) is 11.0 Å². The first-order valence-electron chi connectivity index (χ1n) is 7.75. The Morgan fingerprint density at radius 3 is 2.41 bits per heavy atom. The Hall–Kier alpha value is -1.66. The fourth-order valence-electron chi connectivity index (χ4n) is 2.97. The quantitative estimate of drug-likeness (QED) is 0.772. The largest absolute Gasteiger partial charge is 0.481 e. The van der Waals surface area contributed by atoms with E-state index in [0.717, 1.165) is 18.5 Å². The van der Waals surface area contributed by atoms with Crippen molar-refractivity contribution in [3.05, 3.63) is 65.7 Å². The zero-order chi connectivity index (χ0) is 16.0. The van der Waals surface area contributed by atoms with Crippen molar-refractivity contribution in [3.8, 4) is 0 Å². The molecule has 0 bridgehead atoms. The SMILES string of the molecule is CC[P+](CCC(=O)O)(Cc1cccc(C)c1)c1ccccc1. The molecule has 0 radical (unpaired) electrons. The Kier molecular flexibility index (Phi) is 5.74. The number of aliphatic carboxylic acids is 1. The van der Waals surface area contributed by atoms with E-state index >= 15 is 0 Å². The van der Waals surface area contributed by atoms with Crippen molar-refractivity contribution in [3.63, 3.8) is 0 Å². The van der Waals surface area contributed by atoms with Gasteiger partial charge < -0.3 is 5.11 Å². The lowest BCUT2D eigenvalue weighted by molar-refractivity contribution is -0.136. The number of carbonyl (C=O) groups is 1. The highest BCUT2D eigenvalue weighted by atomic mass is 31.2. The molecule has 1 unspecified atom stereocenters. The molecular weight excluding hydrogens is 291 g/mol. The summed E-state index contributed by atoms with van der Waals surface area (Å²) in [7, 11) is -1.51. The number of hydrogen-bond acceptors (Lipinski definition) is 1. The first kappa shape index (κ1) is 16.7. The van der Waals surface area contributed by atoms with Gasteiger partial charge in [0.25, 0.3) is 0 Å². The molecule has 22 heavy (non-hydrogen) atoms.